The molecule has 1 aliphatic heterocycles. The average Bonchev–Trinajstić information content (AvgIpc) is 3.38. The Labute approximate surface area is 241 Å². The highest BCUT2D eigenvalue weighted by atomic mass is 35.5. The predicted molar refractivity (Wildman–Crippen MR) is 156 cm³/mol. The van der Waals surface area contributed by atoms with Crippen LogP contribution in [0.3, 0.4) is 0 Å². The summed E-state index contributed by atoms with van der Waals surface area (Å²) in [6, 6.07) is 13.9. The lowest BCUT2D eigenvalue weighted by molar-refractivity contribution is -0.121. The molecule has 0 saturated heterocycles. The number of hydrogen-bond donors (Lipinski definition) is 3. The lowest BCUT2D eigenvalue weighted by Crippen LogP contribution is -2.41. The molecule has 5 rings (SSSR count). The normalized spacial score (nSPS) is 18.1. The van der Waals surface area contributed by atoms with Gasteiger partial charge in [0.15, 0.2) is 5.15 Å². The molecule has 208 valence electrons. The zero-order valence-corrected chi connectivity index (χ0v) is 23.3. The minimum atomic E-state index is -0.435. The van der Waals surface area contributed by atoms with Crippen LogP contribution in [-0.4, -0.2) is 49.6 Å². The summed E-state index contributed by atoms with van der Waals surface area (Å²) in [5.74, 6) is -0.0591. The van der Waals surface area contributed by atoms with E-state index < -0.39 is 6.04 Å². The second-order valence-electron chi connectivity index (χ2n) is 9.72. The Morgan fingerprint density at radius 1 is 1.05 bits per heavy atom. The number of benzene rings is 2. The van der Waals surface area contributed by atoms with E-state index >= 15 is 0 Å². The highest BCUT2D eigenvalue weighted by molar-refractivity contribution is 6.31. The average molecular weight is 582 g/mol. The molecule has 2 aromatic heterocycles. The number of anilines is 1. The molecule has 0 radical (unpaired) electrons. The topological polar surface area (TPSA) is 133 Å². The largest absolute Gasteiger partial charge is 0.374 e. The van der Waals surface area contributed by atoms with E-state index in [0.717, 1.165) is 36.9 Å². The van der Waals surface area contributed by atoms with E-state index in [1.807, 2.05) is 24.3 Å². The van der Waals surface area contributed by atoms with Crippen molar-refractivity contribution in [3.8, 4) is 16.9 Å². The Morgan fingerprint density at radius 2 is 1.93 bits per heavy atom. The van der Waals surface area contributed by atoms with Crippen LogP contribution >= 0.6 is 23.2 Å². The molecule has 2 bridgehead atoms. The quantitative estimate of drug-likeness (QED) is 0.322. The molecule has 12 heteroatoms. The van der Waals surface area contributed by atoms with Gasteiger partial charge in [0.25, 0.3) is 5.56 Å². The van der Waals surface area contributed by atoms with E-state index in [2.05, 4.69) is 25.9 Å². The number of halogens is 2. The van der Waals surface area contributed by atoms with Gasteiger partial charge in [0.2, 0.25) is 5.91 Å². The highest BCUT2D eigenvalue weighted by Crippen LogP contribution is 2.30. The van der Waals surface area contributed by atoms with Crippen LogP contribution < -0.4 is 21.9 Å². The number of carbonyl (C=O) groups is 1. The number of fused-ring (bicyclic) bond motifs is 2. The fourth-order valence-corrected chi connectivity index (χ4v) is 5.28. The van der Waals surface area contributed by atoms with Gasteiger partial charge in [0.05, 0.1) is 29.9 Å². The van der Waals surface area contributed by atoms with Gasteiger partial charge >= 0.3 is 0 Å². The molecule has 1 aliphatic rings. The summed E-state index contributed by atoms with van der Waals surface area (Å²) >= 11 is 12.3. The van der Waals surface area contributed by atoms with Gasteiger partial charge in [0.1, 0.15) is 6.04 Å². The number of carbonyl (C=O) groups excluding carboxylic acids is 1. The van der Waals surface area contributed by atoms with Crippen molar-refractivity contribution < 1.29 is 4.79 Å². The lowest BCUT2D eigenvalue weighted by atomic mass is 9.99. The summed E-state index contributed by atoms with van der Waals surface area (Å²) < 4.78 is 3.19. The summed E-state index contributed by atoms with van der Waals surface area (Å²) in [5.41, 5.74) is 9.06. The van der Waals surface area contributed by atoms with E-state index in [4.69, 9.17) is 28.9 Å². The number of aromatic nitrogens is 5. The van der Waals surface area contributed by atoms with Gasteiger partial charge in [-0.05, 0) is 61.7 Å². The number of rotatable bonds is 5. The van der Waals surface area contributed by atoms with Crippen molar-refractivity contribution in [3.05, 3.63) is 87.1 Å². The van der Waals surface area contributed by atoms with Gasteiger partial charge in [-0.25, -0.2) is 9.67 Å². The summed E-state index contributed by atoms with van der Waals surface area (Å²) in [5, 5.41) is 15.0. The van der Waals surface area contributed by atoms with Crippen LogP contribution in [0.4, 0.5) is 5.69 Å². The molecule has 0 unspecified atom stereocenters. The second-order valence-corrected chi connectivity index (χ2v) is 10.5. The maximum atomic E-state index is 13.6. The van der Waals surface area contributed by atoms with Gasteiger partial charge in [-0.3, -0.25) is 14.2 Å². The Balaban J connectivity index is 1.51. The van der Waals surface area contributed by atoms with Gasteiger partial charge in [0, 0.05) is 28.9 Å². The molecule has 0 spiro atoms. The third-order valence-electron chi connectivity index (χ3n) is 6.96. The van der Waals surface area contributed by atoms with Crippen LogP contribution in [0.5, 0.6) is 0 Å². The van der Waals surface area contributed by atoms with E-state index in [-0.39, 0.29) is 22.7 Å². The van der Waals surface area contributed by atoms with Gasteiger partial charge in [-0.2, -0.15) is 0 Å². The van der Waals surface area contributed by atoms with Crippen LogP contribution in [0, 0.1) is 0 Å². The van der Waals surface area contributed by atoms with Crippen molar-refractivity contribution in [2.75, 3.05) is 18.4 Å². The first kappa shape index (κ1) is 27.8. The van der Waals surface area contributed by atoms with Crippen LogP contribution in [-0.2, 0) is 4.79 Å². The van der Waals surface area contributed by atoms with E-state index in [1.54, 1.807) is 35.3 Å². The smallest absolute Gasteiger partial charge is 0.254 e. The van der Waals surface area contributed by atoms with Crippen molar-refractivity contribution >= 4 is 34.8 Å². The molecule has 4 aromatic rings. The molecular weight excluding hydrogens is 551 g/mol. The van der Waals surface area contributed by atoms with Crippen LogP contribution in [0.15, 0.2) is 65.8 Å². The minimum Gasteiger partial charge on any atom is -0.374 e. The molecule has 1 amide bonds. The fraction of sp³-hybridized carbons (Fsp3) is 0.321. The first-order valence-corrected chi connectivity index (χ1v) is 14.0. The monoisotopic (exact) mass is 580 g/mol. The van der Waals surface area contributed by atoms with E-state index in [0.29, 0.717) is 41.5 Å². The van der Waals surface area contributed by atoms with E-state index in [1.165, 1.54) is 10.7 Å². The van der Waals surface area contributed by atoms with Crippen LogP contribution in [0.25, 0.3) is 16.9 Å². The van der Waals surface area contributed by atoms with Gasteiger partial charge in [-0.15, -0.1) is 5.10 Å². The Bertz CT molecular complexity index is 1550. The van der Waals surface area contributed by atoms with E-state index in [9.17, 15) is 9.59 Å². The zero-order chi connectivity index (χ0) is 28.1. The molecular formula is C28H30Cl2N8O2. The van der Waals surface area contributed by atoms with Crippen molar-refractivity contribution in [1.29, 1.82) is 0 Å². The maximum absolute atomic E-state index is 13.6. The maximum Gasteiger partial charge on any atom is 0.254 e. The molecule has 2 aromatic carbocycles. The minimum absolute atomic E-state index is 0.0591. The number of nitrogens with one attached hydrogen (secondary N) is 2. The first-order valence-electron chi connectivity index (χ1n) is 13.2. The Kier molecular flexibility index (Phi) is 8.78. The Morgan fingerprint density at radius 3 is 2.70 bits per heavy atom. The molecule has 2 atom stereocenters. The molecule has 0 saturated carbocycles. The SMILES string of the molecule is NCC[C@H]1Nc2cccc(c2)[C@@H](n2cnc(-c3cc(Cl)ccc3-n3cc(Cl)nn3)cc2=O)CCCCCNC1=O. The summed E-state index contributed by atoms with van der Waals surface area (Å²) in [6.07, 6.45) is 7.05. The summed E-state index contributed by atoms with van der Waals surface area (Å²) in [4.78, 5) is 31.0. The van der Waals surface area contributed by atoms with Crippen LogP contribution in [0.2, 0.25) is 10.2 Å². The summed E-state index contributed by atoms with van der Waals surface area (Å²) in [7, 11) is 0. The second kappa shape index (κ2) is 12.6. The molecule has 0 aliphatic carbocycles. The highest BCUT2D eigenvalue weighted by Gasteiger charge is 2.21. The number of hydrogen-bond acceptors (Lipinski definition) is 7. The molecule has 0 fully saturated rings. The Hall–Kier alpha value is -3.73. The fourth-order valence-electron chi connectivity index (χ4n) is 4.98. The summed E-state index contributed by atoms with van der Waals surface area (Å²) in [6.45, 7) is 0.984. The lowest BCUT2D eigenvalue weighted by Gasteiger charge is -2.22. The van der Waals surface area contributed by atoms with Crippen molar-refractivity contribution in [2.24, 2.45) is 5.73 Å². The van der Waals surface area contributed by atoms with Gasteiger partial charge in [-0.1, -0.05) is 53.4 Å². The third kappa shape index (κ3) is 6.35. The van der Waals surface area contributed by atoms with Gasteiger partial charge < -0.3 is 16.4 Å². The molecule has 40 heavy (non-hydrogen) atoms. The number of nitrogens with two attached hydrogens (primary N) is 1. The number of amides is 1. The van der Waals surface area contributed by atoms with Crippen molar-refractivity contribution in [2.45, 2.75) is 44.2 Å². The third-order valence-corrected chi connectivity index (χ3v) is 7.36. The standard InChI is InChI=1S/C28H30Cl2N8O2/c29-19-8-9-25(38-16-26(30)35-36-38)21(14-19)23-15-27(39)37(17-33-23)24-7-2-1-3-12-32-28(40)22(10-11-31)34-20-6-4-5-18(24)13-20/h4-6,8-9,13-17,22,24,34H,1-3,7,10-12,31H2,(H,32,40)/t22-,24+/m1/s1. The van der Waals surface area contributed by atoms with Crippen LogP contribution in [0.1, 0.15) is 43.7 Å². The first-order chi connectivity index (χ1) is 19.4. The van der Waals surface area contributed by atoms with Crippen molar-refractivity contribution in [1.82, 2.24) is 29.9 Å². The zero-order valence-electron chi connectivity index (χ0n) is 21.8. The number of nitrogens with zero attached hydrogens (tertiary/aromatic N) is 5. The molecule has 10 nitrogen and oxygen atoms in total. The van der Waals surface area contributed by atoms with Crippen molar-refractivity contribution in [3.63, 3.8) is 0 Å². The molecule has 4 N–H and O–H groups in total. The predicted octanol–water partition coefficient (Wildman–Crippen LogP) is 4.21. The molecule has 3 heterocycles.